The zero-order valence-electron chi connectivity index (χ0n) is 16.3. The van der Waals surface area contributed by atoms with E-state index in [1.165, 1.54) is 0 Å². The number of benzene rings is 3. The first-order chi connectivity index (χ1) is 13.7. The number of ether oxygens (including phenoxy) is 1. The SMILES string of the molecule is CO[C@@H](CNC(=O)NC(c1ccccc1)c1ccccc1)c1ccccc1C. The average molecular weight is 374 g/mol. The molecule has 4 nitrogen and oxygen atoms in total. The monoisotopic (exact) mass is 374 g/mol. The van der Waals surface area contributed by atoms with Crippen LogP contribution in [0.4, 0.5) is 4.79 Å². The maximum Gasteiger partial charge on any atom is 0.315 e. The molecule has 144 valence electrons. The first kappa shape index (κ1) is 19.6. The second-order valence-electron chi connectivity index (χ2n) is 6.69. The second kappa shape index (κ2) is 9.72. The van der Waals surface area contributed by atoms with Gasteiger partial charge in [0.2, 0.25) is 0 Å². The number of carbonyl (C=O) groups is 1. The van der Waals surface area contributed by atoms with Gasteiger partial charge in [-0.2, -0.15) is 0 Å². The summed E-state index contributed by atoms with van der Waals surface area (Å²) in [6, 6.07) is 27.5. The molecule has 0 saturated carbocycles. The standard InChI is InChI=1S/C24H26N2O2/c1-18-11-9-10-16-21(18)22(28-2)17-25-24(27)26-23(19-12-5-3-6-13-19)20-14-7-4-8-15-20/h3-16,22-23H,17H2,1-2H3,(H2,25,26,27)/t22-/m0/s1. The predicted octanol–water partition coefficient (Wildman–Crippen LogP) is 4.77. The van der Waals surface area contributed by atoms with Gasteiger partial charge in [0.25, 0.3) is 0 Å². The zero-order valence-corrected chi connectivity index (χ0v) is 16.3. The van der Waals surface area contributed by atoms with Gasteiger partial charge in [-0.3, -0.25) is 0 Å². The molecular formula is C24H26N2O2. The molecule has 0 spiro atoms. The largest absolute Gasteiger partial charge is 0.375 e. The van der Waals surface area contributed by atoms with Crippen LogP contribution in [0.25, 0.3) is 0 Å². The highest BCUT2D eigenvalue weighted by Crippen LogP contribution is 2.22. The summed E-state index contributed by atoms with van der Waals surface area (Å²) < 4.78 is 5.60. The molecule has 28 heavy (non-hydrogen) atoms. The molecule has 3 rings (SSSR count). The Labute approximate surface area is 166 Å². The molecule has 0 aliphatic rings. The molecular weight excluding hydrogens is 348 g/mol. The third-order valence-corrected chi connectivity index (χ3v) is 4.81. The van der Waals surface area contributed by atoms with E-state index >= 15 is 0 Å². The van der Waals surface area contributed by atoms with Crippen molar-refractivity contribution >= 4 is 6.03 Å². The van der Waals surface area contributed by atoms with Crippen molar-refractivity contribution in [1.29, 1.82) is 0 Å². The number of nitrogens with one attached hydrogen (secondary N) is 2. The van der Waals surface area contributed by atoms with E-state index in [9.17, 15) is 4.79 Å². The molecule has 0 saturated heterocycles. The van der Waals surface area contributed by atoms with Gasteiger partial charge in [0.1, 0.15) is 0 Å². The maximum atomic E-state index is 12.7. The Morgan fingerprint density at radius 2 is 1.39 bits per heavy atom. The van der Waals surface area contributed by atoms with Crippen molar-refractivity contribution in [3.05, 3.63) is 107 Å². The normalized spacial score (nSPS) is 11.8. The Hall–Kier alpha value is -3.11. The number of aryl methyl sites for hydroxylation is 1. The maximum absolute atomic E-state index is 12.7. The van der Waals surface area contributed by atoms with Gasteiger partial charge in [-0.15, -0.1) is 0 Å². The predicted molar refractivity (Wildman–Crippen MR) is 112 cm³/mol. The smallest absolute Gasteiger partial charge is 0.315 e. The van der Waals surface area contributed by atoms with Crippen LogP contribution in [0.15, 0.2) is 84.9 Å². The van der Waals surface area contributed by atoms with Crippen molar-refractivity contribution < 1.29 is 9.53 Å². The van der Waals surface area contributed by atoms with E-state index in [2.05, 4.69) is 10.6 Å². The van der Waals surface area contributed by atoms with Crippen LogP contribution in [-0.4, -0.2) is 19.7 Å². The molecule has 0 bridgehead atoms. The first-order valence-electron chi connectivity index (χ1n) is 9.41. The van der Waals surface area contributed by atoms with Gasteiger partial charge in [-0.1, -0.05) is 84.9 Å². The molecule has 4 heteroatoms. The lowest BCUT2D eigenvalue weighted by Crippen LogP contribution is -2.40. The third kappa shape index (κ3) is 4.99. The molecule has 3 aromatic carbocycles. The van der Waals surface area contributed by atoms with Crippen molar-refractivity contribution in [1.82, 2.24) is 10.6 Å². The fourth-order valence-electron chi connectivity index (χ4n) is 3.29. The van der Waals surface area contributed by atoms with E-state index in [1.807, 2.05) is 91.9 Å². The molecule has 0 unspecified atom stereocenters. The Kier molecular flexibility index (Phi) is 6.82. The molecule has 2 N–H and O–H groups in total. The molecule has 1 atom stereocenters. The zero-order chi connectivity index (χ0) is 19.8. The highest BCUT2D eigenvalue weighted by atomic mass is 16.5. The number of rotatable bonds is 7. The van der Waals surface area contributed by atoms with Gasteiger partial charge < -0.3 is 15.4 Å². The van der Waals surface area contributed by atoms with Crippen LogP contribution >= 0.6 is 0 Å². The Morgan fingerprint density at radius 1 is 0.857 bits per heavy atom. The van der Waals surface area contributed by atoms with Crippen molar-refractivity contribution in [2.24, 2.45) is 0 Å². The van der Waals surface area contributed by atoms with Crippen molar-refractivity contribution in [3.63, 3.8) is 0 Å². The number of hydrogen-bond donors (Lipinski definition) is 2. The summed E-state index contributed by atoms with van der Waals surface area (Å²) in [6.45, 7) is 2.44. The molecule has 0 fully saturated rings. The Balaban J connectivity index is 1.70. The van der Waals surface area contributed by atoms with Crippen LogP contribution in [-0.2, 0) is 4.74 Å². The van der Waals surface area contributed by atoms with Crippen LogP contribution < -0.4 is 10.6 Å². The van der Waals surface area contributed by atoms with Crippen LogP contribution in [0.3, 0.4) is 0 Å². The molecule has 3 aromatic rings. The summed E-state index contributed by atoms with van der Waals surface area (Å²) in [5, 5.41) is 6.04. The minimum atomic E-state index is -0.228. The fraction of sp³-hybridized carbons (Fsp3) is 0.208. The summed E-state index contributed by atoms with van der Waals surface area (Å²) >= 11 is 0. The van der Waals surface area contributed by atoms with E-state index in [0.717, 1.165) is 22.3 Å². The van der Waals surface area contributed by atoms with Gasteiger partial charge in [0, 0.05) is 13.7 Å². The van der Waals surface area contributed by atoms with Crippen molar-refractivity contribution in [2.75, 3.05) is 13.7 Å². The molecule has 0 heterocycles. The quantitative estimate of drug-likeness (QED) is 0.626. The first-order valence-corrected chi connectivity index (χ1v) is 9.41. The van der Waals surface area contributed by atoms with Crippen LogP contribution in [0.2, 0.25) is 0 Å². The van der Waals surface area contributed by atoms with E-state index in [0.29, 0.717) is 6.54 Å². The lowest BCUT2D eigenvalue weighted by molar-refractivity contribution is 0.103. The second-order valence-corrected chi connectivity index (χ2v) is 6.69. The minimum absolute atomic E-state index is 0.196. The summed E-state index contributed by atoms with van der Waals surface area (Å²) in [6.07, 6.45) is -0.196. The van der Waals surface area contributed by atoms with E-state index in [4.69, 9.17) is 4.74 Å². The topological polar surface area (TPSA) is 50.4 Å². The third-order valence-electron chi connectivity index (χ3n) is 4.81. The van der Waals surface area contributed by atoms with Gasteiger partial charge in [-0.05, 0) is 29.2 Å². The number of hydrogen-bond acceptors (Lipinski definition) is 2. The molecule has 0 aliphatic carbocycles. The lowest BCUT2D eigenvalue weighted by atomic mass is 9.99. The highest BCUT2D eigenvalue weighted by Gasteiger charge is 2.18. The number of urea groups is 1. The Bertz CT molecular complexity index is 842. The minimum Gasteiger partial charge on any atom is -0.375 e. The molecule has 0 aliphatic heterocycles. The fourth-order valence-corrected chi connectivity index (χ4v) is 3.29. The highest BCUT2D eigenvalue weighted by molar-refractivity contribution is 5.75. The van der Waals surface area contributed by atoms with Gasteiger partial charge in [0.15, 0.2) is 0 Å². The van der Waals surface area contributed by atoms with E-state index in [1.54, 1.807) is 7.11 Å². The number of amides is 2. The van der Waals surface area contributed by atoms with Crippen LogP contribution in [0, 0.1) is 6.92 Å². The van der Waals surface area contributed by atoms with E-state index < -0.39 is 0 Å². The molecule has 0 radical (unpaired) electrons. The summed E-state index contributed by atoms with van der Waals surface area (Å²) in [5.74, 6) is 0. The van der Waals surface area contributed by atoms with Crippen molar-refractivity contribution in [3.8, 4) is 0 Å². The number of methoxy groups -OCH3 is 1. The van der Waals surface area contributed by atoms with Crippen molar-refractivity contribution in [2.45, 2.75) is 19.1 Å². The van der Waals surface area contributed by atoms with Gasteiger partial charge in [0.05, 0.1) is 12.1 Å². The average Bonchev–Trinajstić information content (AvgIpc) is 2.75. The molecule has 0 aromatic heterocycles. The van der Waals surface area contributed by atoms with Gasteiger partial charge in [-0.25, -0.2) is 4.79 Å². The Morgan fingerprint density at radius 3 is 1.93 bits per heavy atom. The van der Waals surface area contributed by atoms with Crippen LogP contribution in [0.1, 0.15) is 34.4 Å². The summed E-state index contributed by atoms with van der Waals surface area (Å²) in [7, 11) is 1.66. The lowest BCUT2D eigenvalue weighted by Gasteiger charge is -2.22. The molecule has 2 amide bonds. The summed E-state index contributed by atoms with van der Waals surface area (Å²) in [5.41, 5.74) is 4.29. The summed E-state index contributed by atoms with van der Waals surface area (Å²) in [4.78, 5) is 12.7. The van der Waals surface area contributed by atoms with E-state index in [-0.39, 0.29) is 18.2 Å². The van der Waals surface area contributed by atoms with Crippen LogP contribution in [0.5, 0.6) is 0 Å². The van der Waals surface area contributed by atoms with Gasteiger partial charge >= 0.3 is 6.03 Å². The number of carbonyl (C=O) groups excluding carboxylic acids is 1.